The van der Waals surface area contributed by atoms with Crippen LogP contribution in [0.3, 0.4) is 0 Å². The Balaban J connectivity index is 3.32. The molecule has 0 unspecified atom stereocenters. The molecule has 1 heterocycles. The summed E-state index contributed by atoms with van der Waals surface area (Å²) in [6.07, 6.45) is 2.56. The van der Waals surface area contributed by atoms with Crippen LogP contribution in [0.15, 0.2) is 12.3 Å². The zero-order chi connectivity index (χ0) is 8.43. The third kappa shape index (κ3) is 1.60. The van der Waals surface area contributed by atoms with Gasteiger partial charge in [0.05, 0.1) is 0 Å². The second-order valence-corrected chi connectivity index (χ2v) is 2.92. The molecule has 0 amide bonds. The van der Waals surface area contributed by atoms with E-state index in [-0.39, 0.29) is 0 Å². The lowest BCUT2D eigenvalue weighted by molar-refractivity contribution is 0.179. The molecule has 0 fully saturated rings. The highest BCUT2D eigenvalue weighted by atomic mass is 32.1. The normalized spacial score (nSPS) is 10.0. The third-order valence-corrected chi connectivity index (χ3v) is 2.15. The van der Waals surface area contributed by atoms with Crippen molar-refractivity contribution in [3.63, 3.8) is 0 Å². The van der Waals surface area contributed by atoms with Crippen molar-refractivity contribution in [2.24, 2.45) is 0 Å². The van der Waals surface area contributed by atoms with Gasteiger partial charge in [0.25, 0.3) is 0 Å². The molecule has 0 aliphatic heterocycles. The van der Waals surface area contributed by atoms with Gasteiger partial charge in [0.1, 0.15) is 4.64 Å². The molecule has 0 aliphatic carbocycles. The van der Waals surface area contributed by atoms with Crippen LogP contribution in [0.1, 0.15) is 18.1 Å². The van der Waals surface area contributed by atoms with E-state index >= 15 is 0 Å². The molecule has 1 N–H and O–H groups in total. The summed E-state index contributed by atoms with van der Waals surface area (Å²) in [6, 6.07) is 2.00. The Kier molecular flexibility index (Phi) is 2.29. The minimum atomic E-state index is 0.488. The number of hydrogen-bond donors (Lipinski definition) is 1. The average molecular weight is 169 g/mol. The first kappa shape index (κ1) is 8.27. The van der Waals surface area contributed by atoms with E-state index in [1.54, 1.807) is 6.20 Å². The van der Waals surface area contributed by atoms with Crippen molar-refractivity contribution in [3.05, 3.63) is 28.0 Å². The van der Waals surface area contributed by atoms with E-state index in [9.17, 15) is 5.21 Å². The molecule has 0 atom stereocenters. The Morgan fingerprint density at radius 2 is 2.27 bits per heavy atom. The molecule has 3 heteroatoms. The van der Waals surface area contributed by atoms with Gasteiger partial charge in [-0.3, -0.25) is 0 Å². The first-order valence-corrected chi connectivity index (χ1v) is 3.97. The van der Waals surface area contributed by atoms with Gasteiger partial charge < -0.3 is 5.21 Å². The van der Waals surface area contributed by atoms with E-state index in [0.717, 1.165) is 22.3 Å². The van der Waals surface area contributed by atoms with Gasteiger partial charge in [-0.05, 0) is 24.5 Å². The van der Waals surface area contributed by atoms with Crippen LogP contribution in [0.4, 0.5) is 0 Å². The summed E-state index contributed by atoms with van der Waals surface area (Å²) >= 11 is 4.91. The van der Waals surface area contributed by atoms with Crippen LogP contribution in [0.2, 0.25) is 0 Å². The molecule has 0 aromatic carbocycles. The predicted molar refractivity (Wildman–Crippen MR) is 46.6 cm³/mol. The first-order chi connectivity index (χ1) is 5.15. The Bertz CT molecular complexity index is 290. The van der Waals surface area contributed by atoms with Crippen LogP contribution in [-0.2, 0) is 6.42 Å². The average Bonchev–Trinajstić information content (AvgIpc) is 1.99. The minimum absolute atomic E-state index is 0.488. The van der Waals surface area contributed by atoms with Gasteiger partial charge in [-0.1, -0.05) is 25.2 Å². The summed E-state index contributed by atoms with van der Waals surface area (Å²) in [4.78, 5) is 0. The fourth-order valence-electron chi connectivity index (χ4n) is 0.967. The van der Waals surface area contributed by atoms with Crippen molar-refractivity contribution in [2.75, 3.05) is 0 Å². The summed E-state index contributed by atoms with van der Waals surface area (Å²) in [5.41, 5.74) is 2.04. The second kappa shape index (κ2) is 3.05. The van der Waals surface area contributed by atoms with Gasteiger partial charge in [-0.25, -0.2) is 0 Å². The highest BCUT2D eigenvalue weighted by Crippen LogP contribution is 2.05. The van der Waals surface area contributed by atoms with Crippen molar-refractivity contribution in [1.29, 1.82) is 0 Å². The van der Waals surface area contributed by atoms with Gasteiger partial charge in [-0.15, -0.1) is 0 Å². The Morgan fingerprint density at radius 1 is 1.64 bits per heavy atom. The van der Waals surface area contributed by atoms with E-state index in [0.29, 0.717) is 4.64 Å². The first-order valence-electron chi connectivity index (χ1n) is 3.56. The van der Waals surface area contributed by atoms with Gasteiger partial charge >= 0.3 is 0 Å². The maximum Gasteiger partial charge on any atom is 0.145 e. The number of aromatic nitrogens is 1. The summed E-state index contributed by atoms with van der Waals surface area (Å²) < 4.78 is 1.49. The quantitative estimate of drug-likeness (QED) is 0.515. The highest BCUT2D eigenvalue weighted by Gasteiger charge is 1.96. The van der Waals surface area contributed by atoms with Crippen molar-refractivity contribution in [2.45, 2.75) is 20.3 Å². The van der Waals surface area contributed by atoms with Gasteiger partial charge in [0, 0.05) is 6.20 Å². The molecular formula is C8H11NOS. The lowest BCUT2D eigenvalue weighted by atomic mass is 10.2. The number of rotatable bonds is 1. The molecule has 0 saturated carbocycles. The van der Waals surface area contributed by atoms with E-state index in [4.69, 9.17) is 12.2 Å². The fourth-order valence-corrected chi connectivity index (χ4v) is 1.08. The smallest absolute Gasteiger partial charge is 0.145 e. The van der Waals surface area contributed by atoms with Crippen molar-refractivity contribution < 1.29 is 5.21 Å². The summed E-state index contributed by atoms with van der Waals surface area (Å²) in [5.74, 6) is 0. The van der Waals surface area contributed by atoms with Crippen LogP contribution >= 0.6 is 12.2 Å². The Labute approximate surface area is 71.1 Å². The van der Waals surface area contributed by atoms with Gasteiger partial charge in [0.15, 0.2) is 0 Å². The molecule has 1 rings (SSSR count). The van der Waals surface area contributed by atoms with Gasteiger partial charge in [-0.2, -0.15) is 4.73 Å². The zero-order valence-electron chi connectivity index (χ0n) is 6.66. The number of nitrogens with zero attached hydrogens (tertiary/aromatic N) is 1. The van der Waals surface area contributed by atoms with Crippen LogP contribution < -0.4 is 0 Å². The number of hydrogen-bond acceptors (Lipinski definition) is 2. The Morgan fingerprint density at radius 3 is 2.73 bits per heavy atom. The number of pyridine rings is 1. The lowest BCUT2D eigenvalue weighted by Crippen LogP contribution is -1.98. The van der Waals surface area contributed by atoms with E-state index in [2.05, 4.69) is 0 Å². The molecule has 0 saturated heterocycles. The molecule has 1 aromatic heterocycles. The summed E-state index contributed by atoms with van der Waals surface area (Å²) in [5, 5.41) is 9.22. The van der Waals surface area contributed by atoms with Gasteiger partial charge in [0.2, 0.25) is 0 Å². The molecular weight excluding hydrogens is 158 g/mol. The predicted octanol–water partition coefficient (Wildman–Crippen LogP) is 2.33. The van der Waals surface area contributed by atoms with E-state index < -0.39 is 0 Å². The third-order valence-electron chi connectivity index (χ3n) is 1.64. The largest absolute Gasteiger partial charge is 0.428 e. The van der Waals surface area contributed by atoms with E-state index in [1.807, 2.05) is 19.9 Å². The standard InChI is InChI=1S/C8H11NOS/c1-3-7-4-6(2)8(11)9(10)5-7/h4-5,10H,3H2,1-2H3. The second-order valence-electron chi connectivity index (χ2n) is 2.53. The fraction of sp³-hybridized carbons (Fsp3) is 0.375. The van der Waals surface area contributed by atoms with Crippen LogP contribution in [0.5, 0.6) is 0 Å². The molecule has 11 heavy (non-hydrogen) atoms. The monoisotopic (exact) mass is 169 g/mol. The SMILES string of the molecule is CCc1cc(C)c(=S)n(O)c1. The molecule has 60 valence electrons. The molecule has 2 nitrogen and oxygen atoms in total. The van der Waals surface area contributed by atoms with Crippen LogP contribution in [0, 0.1) is 11.6 Å². The van der Waals surface area contributed by atoms with E-state index in [1.165, 1.54) is 0 Å². The maximum atomic E-state index is 9.22. The summed E-state index contributed by atoms with van der Waals surface area (Å²) in [6.45, 7) is 3.94. The summed E-state index contributed by atoms with van der Waals surface area (Å²) in [7, 11) is 0. The molecule has 1 aromatic rings. The molecule has 0 bridgehead atoms. The lowest BCUT2D eigenvalue weighted by Gasteiger charge is -2.03. The maximum absolute atomic E-state index is 9.22. The van der Waals surface area contributed by atoms with Crippen molar-refractivity contribution in [3.8, 4) is 0 Å². The zero-order valence-corrected chi connectivity index (χ0v) is 7.48. The highest BCUT2D eigenvalue weighted by molar-refractivity contribution is 7.71. The number of aryl methyl sites for hydroxylation is 2. The van der Waals surface area contributed by atoms with Crippen LogP contribution in [-0.4, -0.2) is 9.94 Å². The Hall–Kier alpha value is -0.830. The van der Waals surface area contributed by atoms with Crippen LogP contribution in [0.25, 0.3) is 0 Å². The van der Waals surface area contributed by atoms with Crippen molar-refractivity contribution >= 4 is 12.2 Å². The molecule has 0 aliphatic rings. The molecule has 0 radical (unpaired) electrons. The topological polar surface area (TPSA) is 25.2 Å². The van der Waals surface area contributed by atoms with Crippen molar-refractivity contribution in [1.82, 2.24) is 4.73 Å². The minimum Gasteiger partial charge on any atom is -0.428 e. The molecule has 0 spiro atoms.